The van der Waals surface area contributed by atoms with Crippen molar-refractivity contribution in [2.45, 2.75) is 32.1 Å². The Kier molecular flexibility index (Phi) is 19.9. The summed E-state index contributed by atoms with van der Waals surface area (Å²) in [5, 5.41) is 0. The molecule has 0 aromatic heterocycles. The number of carbonyl (C=O) groups excluding carboxylic acids is 1. The quantitative estimate of drug-likeness (QED) is 0.290. The third-order valence-electron chi connectivity index (χ3n) is 3.19. The maximum absolute atomic E-state index is 12.0. The van der Waals surface area contributed by atoms with Gasteiger partial charge in [-0.25, -0.2) is 0 Å². The molecule has 0 spiro atoms. The van der Waals surface area contributed by atoms with E-state index >= 15 is 0 Å². The van der Waals surface area contributed by atoms with Crippen LogP contribution in [0.25, 0.3) is 0 Å². The largest absolute Gasteiger partial charge is 0.346 e. The summed E-state index contributed by atoms with van der Waals surface area (Å²) in [5.74, 6) is 8.08. The first-order valence-electron chi connectivity index (χ1n) is 8.50. The molecule has 0 atom stereocenters. The molecule has 0 rings (SSSR count). The number of nitrogens with two attached hydrogens (primary N) is 1. The van der Waals surface area contributed by atoms with Gasteiger partial charge in [-0.3, -0.25) is 4.79 Å². The van der Waals surface area contributed by atoms with Gasteiger partial charge < -0.3 is 10.6 Å². The van der Waals surface area contributed by atoms with Gasteiger partial charge >= 0.3 is 0 Å². The molecule has 7 heteroatoms. The molecule has 0 radical (unpaired) electrons. The summed E-state index contributed by atoms with van der Waals surface area (Å²) >= 11 is 10.1. The molecule has 2 N–H and O–H groups in total. The van der Waals surface area contributed by atoms with Gasteiger partial charge in [0.25, 0.3) is 0 Å². The van der Waals surface area contributed by atoms with Crippen LogP contribution in [0.5, 0.6) is 0 Å². The average molecular weight is 399 g/mol. The maximum Gasteiger partial charge on any atom is 0.223 e. The van der Waals surface area contributed by atoms with E-state index < -0.39 is 0 Å². The van der Waals surface area contributed by atoms with Gasteiger partial charge in [0.15, 0.2) is 0 Å². The van der Waals surface area contributed by atoms with Gasteiger partial charge in [0.2, 0.25) is 5.91 Å². The standard InChI is InChI=1S/C16H34N2OS4/c1-18(8-3-11-22-12-4-9-20)16(19)6-15-23-14-5-13-21-10-2-7-17/h20H,2-15,17H2,1H3. The number of hydrogen-bond donors (Lipinski definition) is 2. The number of carbonyl (C=O) groups is 1. The second kappa shape index (κ2) is 19.2. The molecule has 0 aromatic carbocycles. The van der Waals surface area contributed by atoms with Crippen LogP contribution in [-0.2, 0) is 4.79 Å². The van der Waals surface area contributed by atoms with E-state index in [-0.39, 0.29) is 5.91 Å². The van der Waals surface area contributed by atoms with Crippen molar-refractivity contribution in [3.05, 3.63) is 0 Å². The lowest BCUT2D eigenvalue weighted by Crippen LogP contribution is -2.28. The molecule has 0 fully saturated rings. The molecule has 0 heterocycles. The van der Waals surface area contributed by atoms with Crippen LogP contribution in [0.4, 0.5) is 0 Å². The molecule has 0 aliphatic carbocycles. The van der Waals surface area contributed by atoms with Crippen molar-refractivity contribution in [2.24, 2.45) is 5.73 Å². The van der Waals surface area contributed by atoms with Crippen molar-refractivity contribution in [1.82, 2.24) is 4.90 Å². The van der Waals surface area contributed by atoms with E-state index in [0.717, 1.165) is 48.9 Å². The van der Waals surface area contributed by atoms with Gasteiger partial charge in [-0.05, 0) is 66.7 Å². The van der Waals surface area contributed by atoms with E-state index in [9.17, 15) is 4.79 Å². The molecule has 0 bridgehead atoms. The molecule has 0 saturated heterocycles. The molecular formula is C16H34N2OS4. The third-order valence-corrected chi connectivity index (χ3v) is 6.88. The monoisotopic (exact) mass is 398 g/mol. The molecule has 138 valence electrons. The van der Waals surface area contributed by atoms with E-state index in [1.54, 1.807) is 0 Å². The molecule has 0 aromatic rings. The third kappa shape index (κ3) is 17.4. The average Bonchev–Trinajstić information content (AvgIpc) is 2.56. The number of amides is 1. The first kappa shape index (κ1) is 23.8. The van der Waals surface area contributed by atoms with E-state index in [4.69, 9.17) is 5.73 Å². The van der Waals surface area contributed by atoms with Crippen LogP contribution in [0.2, 0.25) is 0 Å². The Hall–Kier alpha value is 0.830. The molecule has 0 unspecified atom stereocenters. The Morgan fingerprint density at radius 1 is 0.913 bits per heavy atom. The van der Waals surface area contributed by atoms with Crippen molar-refractivity contribution in [1.29, 1.82) is 0 Å². The van der Waals surface area contributed by atoms with Gasteiger partial charge in [0.1, 0.15) is 0 Å². The highest BCUT2D eigenvalue weighted by molar-refractivity contribution is 8.00. The predicted octanol–water partition coefficient (Wildman–Crippen LogP) is 3.48. The van der Waals surface area contributed by atoms with Gasteiger partial charge in [0.05, 0.1) is 0 Å². The number of thioether (sulfide) groups is 3. The number of nitrogens with zero attached hydrogens (tertiary/aromatic N) is 1. The summed E-state index contributed by atoms with van der Waals surface area (Å²) in [6.45, 7) is 1.68. The van der Waals surface area contributed by atoms with Gasteiger partial charge in [-0.2, -0.15) is 47.9 Å². The first-order chi connectivity index (χ1) is 11.2. The fourth-order valence-electron chi connectivity index (χ4n) is 1.80. The van der Waals surface area contributed by atoms with E-state index in [2.05, 4.69) is 12.6 Å². The highest BCUT2D eigenvalue weighted by atomic mass is 32.2. The SMILES string of the molecule is CN(CCCSCCCS)C(=O)CCSCCCSCCCN. The molecule has 1 amide bonds. The Bertz CT molecular complexity index is 270. The minimum absolute atomic E-state index is 0.287. The summed E-state index contributed by atoms with van der Waals surface area (Å²) in [6, 6.07) is 0. The lowest BCUT2D eigenvalue weighted by Gasteiger charge is -2.16. The summed E-state index contributed by atoms with van der Waals surface area (Å²) in [4.78, 5) is 13.9. The van der Waals surface area contributed by atoms with Crippen molar-refractivity contribution < 1.29 is 4.79 Å². The number of thiol groups is 1. The molecular weight excluding hydrogens is 364 g/mol. The van der Waals surface area contributed by atoms with Crippen molar-refractivity contribution in [2.75, 3.05) is 60.4 Å². The zero-order valence-corrected chi connectivity index (χ0v) is 17.8. The zero-order valence-electron chi connectivity index (χ0n) is 14.5. The Labute approximate surface area is 161 Å². The number of rotatable bonds is 17. The van der Waals surface area contributed by atoms with Gasteiger partial charge in [-0.1, -0.05) is 0 Å². The van der Waals surface area contributed by atoms with Crippen LogP contribution >= 0.6 is 47.9 Å². The summed E-state index contributed by atoms with van der Waals surface area (Å²) < 4.78 is 0. The van der Waals surface area contributed by atoms with Crippen LogP contribution in [0.1, 0.15) is 32.1 Å². The second-order valence-electron chi connectivity index (χ2n) is 5.33. The number of hydrogen-bond acceptors (Lipinski definition) is 6. The highest BCUT2D eigenvalue weighted by Crippen LogP contribution is 2.11. The predicted molar refractivity (Wildman–Crippen MR) is 116 cm³/mol. The molecule has 23 heavy (non-hydrogen) atoms. The van der Waals surface area contributed by atoms with Crippen molar-refractivity contribution >= 4 is 53.8 Å². The molecule has 0 saturated carbocycles. The van der Waals surface area contributed by atoms with Crippen molar-refractivity contribution in [3.8, 4) is 0 Å². The minimum Gasteiger partial charge on any atom is -0.346 e. The Morgan fingerprint density at radius 2 is 1.48 bits per heavy atom. The zero-order chi connectivity index (χ0) is 17.2. The molecule has 3 nitrogen and oxygen atoms in total. The maximum atomic E-state index is 12.0. The van der Waals surface area contributed by atoms with Crippen LogP contribution < -0.4 is 5.73 Å². The van der Waals surface area contributed by atoms with E-state index in [1.165, 1.54) is 30.1 Å². The Morgan fingerprint density at radius 3 is 2.13 bits per heavy atom. The van der Waals surface area contributed by atoms with Crippen molar-refractivity contribution in [3.63, 3.8) is 0 Å². The fraction of sp³-hybridized carbons (Fsp3) is 0.938. The van der Waals surface area contributed by atoms with Crippen LogP contribution in [0, 0.1) is 0 Å². The molecule has 0 aliphatic rings. The smallest absolute Gasteiger partial charge is 0.223 e. The fourth-order valence-corrected chi connectivity index (χ4v) is 5.04. The van der Waals surface area contributed by atoms with Gasteiger partial charge in [0, 0.05) is 25.8 Å². The minimum atomic E-state index is 0.287. The molecule has 0 aliphatic heterocycles. The van der Waals surface area contributed by atoms with Crippen LogP contribution in [-0.4, -0.2) is 71.2 Å². The normalized spacial score (nSPS) is 10.9. The topological polar surface area (TPSA) is 46.3 Å². The van der Waals surface area contributed by atoms with Gasteiger partial charge in [-0.15, -0.1) is 0 Å². The Balaban J connectivity index is 3.33. The second-order valence-corrected chi connectivity index (χ2v) is 9.45. The van der Waals surface area contributed by atoms with E-state index in [0.29, 0.717) is 6.42 Å². The lowest BCUT2D eigenvalue weighted by atomic mass is 10.4. The first-order valence-corrected chi connectivity index (χ1v) is 12.6. The summed E-state index contributed by atoms with van der Waals surface area (Å²) in [5.41, 5.74) is 5.46. The highest BCUT2D eigenvalue weighted by Gasteiger charge is 2.07. The summed E-state index contributed by atoms with van der Waals surface area (Å²) in [7, 11) is 1.93. The lowest BCUT2D eigenvalue weighted by molar-refractivity contribution is -0.129. The van der Waals surface area contributed by atoms with Crippen LogP contribution in [0.15, 0.2) is 0 Å². The summed E-state index contributed by atoms with van der Waals surface area (Å²) in [6.07, 6.45) is 5.28. The van der Waals surface area contributed by atoms with Crippen LogP contribution in [0.3, 0.4) is 0 Å². The van der Waals surface area contributed by atoms with E-state index in [1.807, 2.05) is 47.2 Å².